The van der Waals surface area contributed by atoms with Gasteiger partial charge in [-0.3, -0.25) is 4.79 Å². The molecule has 2 N–H and O–H groups in total. The van der Waals surface area contributed by atoms with Crippen LogP contribution in [0, 0.1) is 12.8 Å². The lowest BCUT2D eigenvalue weighted by atomic mass is 9.89. The number of carbonyl (C=O) groups is 1. The average molecular weight is 395 g/mol. The second-order valence-electron chi connectivity index (χ2n) is 6.81. The van der Waals surface area contributed by atoms with Crippen molar-refractivity contribution in [3.05, 3.63) is 63.6 Å². The van der Waals surface area contributed by atoms with Gasteiger partial charge < -0.3 is 15.2 Å². The van der Waals surface area contributed by atoms with Gasteiger partial charge >= 0.3 is 0 Å². The first-order valence-corrected chi connectivity index (χ1v) is 9.93. The summed E-state index contributed by atoms with van der Waals surface area (Å²) in [5.74, 6) is 0.451. The summed E-state index contributed by atoms with van der Waals surface area (Å²) in [5, 5.41) is 23.5. The Labute approximate surface area is 167 Å². The lowest BCUT2D eigenvalue weighted by Crippen LogP contribution is -2.27. The minimum absolute atomic E-state index is 0.0659. The molecule has 3 aromatic rings. The number of nitrogens with one attached hydrogen (secondary N) is 1. The highest BCUT2D eigenvalue weighted by atomic mass is 32.1. The maximum atomic E-state index is 12.2. The molecule has 0 bridgehead atoms. The van der Waals surface area contributed by atoms with E-state index < -0.39 is 6.10 Å². The number of nitrogens with zero attached hydrogens (tertiary/aromatic N) is 2. The van der Waals surface area contributed by atoms with Crippen LogP contribution in [0.1, 0.15) is 32.0 Å². The predicted octanol–water partition coefficient (Wildman–Crippen LogP) is 3.16. The van der Waals surface area contributed by atoms with E-state index in [1.807, 2.05) is 43.3 Å². The summed E-state index contributed by atoms with van der Waals surface area (Å²) in [6.07, 6.45) is 0.00378. The van der Waals surface area contributed by atoms with Crippen molar-refractivity contribution in [2.75, 3.05) is 13.7 Å². The number of hydrogen-bond donors (Lipinski definition) is 2. The Balaban J connectivity index is 1.62. The maximum absolute atomic E-state index is 12.2. The van der Waals surface area contributed by atoms with Crippen LogP contribution >= 0.6 is 11.3 Å². The molecule has 0 aliphatic carbocycles. The molecule has 2 heterocycles. The first-order chi connectivity index (χ1) is 13.6. The molecular formula is C21H21N3O3S. The van der Waals surface area contributed by atoms with Crippen molar-refractivity contribution < 1.29 is 14.6 Å². The molecule has 1 aromatic heterocycles. The summed E-state index contributed by atoms with van der Waals surface area (Å²) < 4.78 is 5.97. The lowest BCUT2D eigenvalue weighted by molar-refractivity contribution is 0.0507. The van der Waals surface area contributed by atoms with Gasteiger partial charge in [0.05, 0.1) is 12.7 Å². The SMILES string of the molecule is CNC(=O)c1ccccc1-c1ccc2c(c1)OC[C@H](Cc1nnc(C)s1)[C@H]2O. The Morgan fingerprint density at radius 2 is 2.11 bits per heavy atom. The number of ether oxygens (including phenoxy) is 1. The highest BCUT2D eigenvalue weighted by molar-refractivity contribution is 7.11. The van der Waals surface area contributed by atoms with E-state index in [-0.39, 0.29) is 11.8 Å². The molecule has 1 aliphatic heterocycles. The van der Waals surface area contributed by atoms with Crippen molar-refractivity contribution in [3.63, 3.8) is 0 Å². The molecule has 2 aromatic carbocycles. The number of aryl methyl sites for hydroxylation is 1. The largest absolute Gasteiger partial charge is 0.493 e. The number of aliphatic hydroxyl groups excluding tert-OH is 1. The summed E-state index contributed by atoms with van der Waals surface area (Å²) in [6, 6.07) is 13.1. The molecule has 4 rings (SSSR count). The van der Waals surface area contributed by atoms with Crippen LogP contribution < -0.4 is 10.1 Å². The van der Waals surface area contributed by atoms with Crippen LogP contribution in [0.5, 0.6) is 5.75 Å². The van der Waals surface area contributed by atoms with Crippen LogP contribution in [0.15, 0.2) is 42.5 Å². The van der Waals surface area contributed by atoms with Crippen molar-refractivity contribution in [3.8, 4) is 16.9 Å². The molecule has 0 radical (unpaired) electrons. The second kappa shape index (κ2) is 7.69. The molecule has 0 fully saturated rings. The normalized spacial score (nSPS) is 18.2. The molecule has 1 amide bonds. The van der Waals surface area contributed by atoms with E-state index in [1.165, 1.54) is 0 Å². The van der Waals surface area contributed by atoms with E-state index in [9.17, 15) is 9.90 Å². The molecule has 1 aliphatic rings. The Kier molecular flexibility index (Phi) is 5.11. The van der Waals surface area contributed by atoms with Crippen LogP contribution in [0.25, 0.3) is 11.1 Å². The molecule has 0 saturated carbocycles. The summed E-state index contributed by atoms with van der Waals surface area (Å²) in [6.45, 7) is 2.33. The number of aromatic nitrogens is 2. The quantitative estimate of drug-likeness (QED) is 0.709. The van der Waals surface area contributed by atoms with Crippen molar-refractivity contribution in [2.24, 2.45) is 5.92 Å². The fourth-order valence-electron chi connectivity index (χ4n) is 3.50. The fraction of sp³-hybridized carbons (Fsp3) is 0.286. The van der Waals surface area contributed by atoms with Gasteiger partial charge in [-0.2, -0.15) is 0 Å². The minimum Gasteiger partial charge on any atom is -0.493 e. The first kappa shape index (κ1) is 18.6. The first-order valence-electron chi connectivity index (χ1n) is 9.12. The summed E-state index contributed by atoms with van der Waals surface area (Å²) in [5.41, 5.74) is 3.07. The summed E-state index contributed by atoms with van der Waals surface area (Å²) >= 11 is 1.54. The number of fused-ring (bicyclic) bond motifs is 1. The smallest absolute Gasteiger partial charge is 0.251 e. The van der Waals surface area contributed by atoms with Gasteiger partial charge in [0.25, 0.3) is 5.91 Å². The molecule has 6 nitrogen and oxygen atoms in total. The number of aliphatic hydroxyl groups is 1. The Morgan fingerprint density at radius 3 is 2.86 bits per heavy atom. The van der Waals surface area contributed by atoms with Gasteiger partial charge in [0.1, 0.15) is 15.8 Å². The number of amides is 1. The number of benzene rings is 2. The van der Waals surface area contributed by atoms with E-state index >= 15 is 0 Å². The number of rotatable bonds is 4. The molecule has 2 atom stereocenters. The van der Waals surface area contributed by atoms with Gasteiger partial charge in [0.2, 0.25) is 0 Å². The third-order valence-electron chi connectivity index (χ3n) is 4.95. The van der Waals surface area contributed by atoms with Crippen LogP contribution in [-0.2, 0) is 6.42 Å². The molecule has 0 saturated heterocycles. The zero-order valence-corrected chi connectivity index (χ0v) is 16.5. The molecule has 7 heteroatoms. The lowest BCUT2D eigenvalue weighted by Gasteiger charge is -2.30. The zero-order valence-electron chi connectivity index (χ0n) is 15.7. The summed E-state index contributed by atoms with van der Waals surface area (Å²) in [7, 11) is 1.62. The van der Waals surface area contributed by atoms with Crippen LogP contribution in [0.2, 0.25) is 0 Å². The van der Waals surface area contributed by atoms with Crippen LogP contribution in [0.3, 0.4) is 0 Å². The molecule has 0 unspecified atom stereocenters. The number of hydrogen-bond acceptors (Lipinski definition) is 6. The maximum Gasteiger partial charge on any atom is 0.251 e. The second-order valence-corrected chi connectivity index (χ2v) is 8.08. The van der Waals surface area contributed by atoms with Gasteiger partial charge in [-0.1, -0.05) is 30.3 Å². The van der Waals surface area contributed by atoms with Gasteiger partial charge in [0.15, 0.2) is 0 Å². The average Bonchev–Trinajstić information content (AvgIpc) is 3.14. The van der Waals surface area contributed by atoms with Crippen LogP contribution in [-0.4, -0.2) is 34.9 Å². The highest BCUT2D eigenvalue weighted by Crippen LogP contribution is 2.39. The Hall–Kier alpha value is -2.77. The van der Waals surface area contributed by atoms with Gasteiger partial charge in [-0.15, -0.1) is 21.5 Å². The topological polar surface area (TPSA) is 84.3 Å². The van der Waals surface area contributed by atoms with E-state index in [0.29, 0.717) is 24.3 Å². The third-order valence-corrected chi connectivity index (χ3v) is 5.81. The van der Waals surface area contributed by atoms with E-state index in [4.69, 9.17) is 4.74 Å². The highest BCUT2D eigenvalue weighted by Gasteiger charge is 2.31. The minimum atomic E-state index is -0.629. The van der Waals surface area contributed by atoms with Crippen molar-refractivity contribution >= 4 is 17.2 Å². The molecule has 28 heavy (non-hydrogen) atoms. The Morgan fingerprint density at radius 1 is 1.29 bits per heavy atom. The van der Waals surface area contributed by atoms with Gasteiger partial charge in [0, 0.05) is 30.5 Å². The zero-order chi connectivity index (χ0) is 19.7. The van der Waals surface area contributed by atoms with Crippen molar-refractivity contribution in [1.29, 1.82) is 0 Å². The molecule has 144 valence electrons. The standard InChI is InChI=1S/C21H21N3O3S/c1-12-23-24-19(28-12)10-14-11-27-18-9-13(7-8-17(18)20(14)25)15-5-3-4-6-16(15)21(26)22-2/h3-9,14,20,25H,10-11H2,1-2H3,(H,22,26)/t14-,20+/m0/s1. The summed E-state index contributed by atoms with van der Waals surface area (Å²) in [4.78, 5) is 12.2. The van der Waals surface area contributed by atoms with Gasteiger partial charge in [-0.25, -0.2) is 0 Å². The van der Waals surface area contributed by atoms with E-state index in [0.717, 1.165) is 26.7 Å². The van der Waals surface area contributed by atoms with Crippen molar-refractivity contribution in [1.82, 2.24) is 15.5 Å². The molecular weight excluding hydrogens is 374 g/mol. The predicted molar refractivity (Wildman–Crippen MR) is 108 cm³/mol. The van der Waals surface area contributed by atoms with E-state index in [2.05, 4.69) is 15.5 Å². The number of carbonyl (C=O) groups excluding carboxylic acids is 1. The van der Waals surface area contributed by atoms with E-state index in [1.54, 1.807) is 24.5 Å². The molecule has 0 spiro atoms. The van der Waals surface area contributed by atoms with Gasteiger partial charge in [-0.05, 0) is 30.2 Å². The fourth-order valence-corrected chi connectivity index (χ4v) is 4.30. The van der Waals surface area contributed by atoms with Crippen LogP contribution in [0.4, 0.5) is 0 Å². The van der Waals surface area contributed by atoms with Crippen molar-refractivity contribution in [2.45, 2.75) is 19.4 Å². The Bertz CT molecular complexity index is 1020. The monoisotopic (exact) mass is 395 g/mol. The third kappa shape index (κ3) is 3.50.